The molecule has 0 aliphatic heterocycles. The van der Waals surface area contributed by atoms with Crippen molar-refractivity contribution in [1.29, 1.82) is 0 Å². The maximum Gasteiger partial charge on any atom is 0.433 e. The van der Waals surface area contributed by atoms with Crippen molar-refractivity contribution >= 4 is 17.6 Å². The quantitative estimate of drug-likeness (QED) is 0.536. The highest BCUT2D eigenvalue weighted by atomic mass is 19.4. The van der Waals surface area contributed by atoms with Gasteiger partial charge in [-0.05, 0) is 36.2 Å². The lowest BCUT2D eigenvalue weighted by Gasteiger charge is -2.11. The number of aliphatic hydroxyl groups is 1. The molecule has 30 heavy (non-hydrogen) atoms. The van der Waals surface area contributed by atoms with Gasteiger partial charge < -0.3 is 15.5 Å². The second-order valence-electron chi connectivity index (χ2n) is 6.55. The lowest BCUT2D eigenvalue weighted by Crippen LogP contribution is -2.20. The molecule has 1 unspecified atom stereocenters. The summed E-state index contributed by atoms with van der Waals surface area (Å²) in [5.74, 6) is -1.32. The van der Waals surface area contributed by atoms with Gasteiger partial charge >= 0.3 is 12.1 Å². The molecule has 1 atom stereocenters. The van der Waals surface area contributed by atoms with Crippen LogP contribution in [-0.4, -0.2) is 42.5 Å². The highest BCUT2D eigenvalue weighted by Crippen LogP contribution is 2.29. The fraction of sp³-hybridized carbons (Fsp3) is 0.263. The van der Waals surface area contributed by atoms with Gasteiger partial charge in [-0.2, -0.15) is 18.3 Å². The Morgan fingerprint density at radius 2 is 2.03 bits per heavy atom. The van der Waals surface area contributed by atoms with E-state index >= 15 is 0 Å². The number of rotatable bonds is 7. The molecular formula is C19H18F3N5O3. The topological polar surface area (TPSA) is 113 Å². The Morgan fingerprint density at radius 3 is 2.70 bits per heavy atom. The monoisotopic (exact) mass is 421 g/mol. The van der Waals surface area contributed by atoms with Crippen LogP contribution in [-0.2, 0) is 11.0 Å². The molecule has 0 bridgehead atoms. The number of hydrogen-bond acceptors (Lipinski definition) is 6. The number of aliphatic hydroxyl groups excluding tert-OH is 1. The highest BCUT2D eigenvalue weighted by molar-refractivity contribution is 5.73. The van der Waals surface area contributed by atoms with E-state index in [1.54, 1.807) is 19.1 Å². The fourth-order valence-electron chi connectivity index (χ4n) is 2.88. The smallest absolute Gasteiger partial charge is 0.433 e. The molecule has 2 aromatic heterocycles. The summed E-state index contributed by atoms with van der Waals surface area (Å²) in [7, 11) is 0. The summed E-state index contributed by atoms with van der Waals surface area (Å²) in [4.78, 5) is 18.7. The third kappa shape index (κ3) is 4.92. The van der Waals surface area contributed by atoms with E-state index in [1.807, 2.05) is 6.07 Å². The number of halogens is 3. The average Bonchev–Trinajstić information content (AvgIpc) is 3.14. The average molecular weight is 421 g/mol. The fourth-order valence-corrected chi connectivity index (χ4v) is 2.88. The molecule has 0 saturated heterocycles. The largest absolute Gasteiger partial charge is 0.480 e. The predicted molar refractivity (Wildman–Crippen MR) is 101 cm³/mol. The van der Waals surface area contributed by atoms with Crippen LogP contribution >= 0.6 is 0 Å². The van der Waals surface area contributed by atoms with Gasteiger partial charge in [0.15, 0.2) is 6.04 Å². The number of aliphatic carboxylic acids is 1. The molecule has 0 aliphatic carbocycles. The molecule has 0 amide bonds. The lowest BCUT2D eigenvalue weighted by molar-refractivity contribution is -0.142. The van der Waals surface area contributed by atoms with Crippen LogP contribution in [0.3, 0.4) is 0 Å². The molecule has 0 saturated carbocycles. The van der Waals surface area contributed by atoms with Crippen molar-refractivity contribution in [1.82, 2.24) is 19.7 Å². The Balaban J connectivity index is 1.89. The van der Waals surface area contributed by atoms with Gasteiger partial charge in [-0.1, -0.05) is 6.07 Å². The van der Waals surface area contributed by atoms with Crippen LogP contribution in [0.25, 0.3) is 11.1 Å². The van der Waals surface area contributed by atoms with E-state index < -0.39 is 23.9 Å². The summed E-state index contributed by atoms with van der Waals surface area (Å²) in [6.07, 6.45) is -0.544. The second-order valence-corrected chi connectivity index (χ2v) is 6.55. The van der Waals surface area contributed by atoms with Crippen LogP contribution in [0, 0.1) is 6.92 Å². The first-order chi connectivity index (χ1) is 14.2. The zero-order chi connectivity index (χ0) is 21.9. The number of alkyl halides is 3. The number of benzene rings is 1. The van der Waals surface area contributed by atoms with Crippen LogP contribution in [0.15, 0.2) is 42.9 Å². The van der Waals surface area contributed by atoms with Crippen molar-refractivity contribution in [3.8, 4) is 11.1 Å². The molecule has 0 fully saturated rings. The Labute approximate surface area is 169 Å². The molecular weight excluding hydrogens is 403 g/mol. The number of nitrogens with one attached hydrogen (secondary N) is 1. The number of nitrogens with zero attached hydrogens (tertiary/aromatic N) is 4. The molecule has 8 nitrogen and oxygen atoms in total. The molecule has 11 heteroatoms. The van der Waals surface area contributed by atoms with Gasteiger partial charge in [0.25, 0.3) is 0 Å². The van der Waals surface area contributed by atoms with Crippen molar-refractivity contribution in [3.05, 3.63) is 54.1 Å². The van der Waals surface area contributed by atoms with E-state index in [9.17, 15) is 23.1 Å². The van der Waals surface area contributed by atoms with Crippen LogP contribution in [0.5, 0.6) is 0 Å². The Morgan fingerprint density at radius 1 is 1.27 bits per heavy atom. The van der Waals surface area contributed by atoms with Crippen molar-refractivity contribution in [3.63, 3.8) is 0 Å². The van der Waals surface area contributed by atoms with Gasteiger partial charge in [-0.25, -0.2) is 14.8 Å². The molecule has 3 rings (SSSR count). The highest BCUT2D eigenvalue weighted by Gasteiger charge is 2.32. The Hall–Kier alpha value is -3.47. The molecule has 3 N–H and O–H groups in total. The maximum atomic E-state index is 12.9. The van der Waals surface area contributed by atoms with Gasteiger partial charge in [0.2, 0.25) is 5.95 Å². The number of hydrogen-bond donors (Lipinski definition) is 3. The molecule has 1 aromatic carbocycles. The molecule has 0 radical (unpaired) electrons. The Bertz CT molecular complexity index is 1050. The first-order valence-corrected chi connectivity index (χ1v) is 8.84. The minimum absolute atomic E-state index is 0.00393. The van der Waals surface area contributed by atoms with Crippen LogP contribution < -0.4 is 5.32 Å². The number of carboxylic acid groups (broad SMARTS) is 1. The lowest BCUT2D eigenvalue weighted by atomic mass is 10.1. The molecule has 158 valence electrons. The summed E-state index contributed by atoms with van der Waals surface area (Å²) >= 11 is 0. The van der Waals surface area contributed by atoms with Crippen molar-refractivity contribution in [2.45, 2.75) is 25.6 Å². The number of aromatic nitrogens is 4. The molecule has 0 spiro atoms. The first-order valence-electron chi connectivity index (χ1n) is 8.84. The zero-order valence-corrected chi connectivity index (χ0v) is 15.8. The number of aryl methyl sites for hydroxylation is 1. The first kappa shape index (κ1) is 21.2. The third-order valence-corrected chi connectivity index (χ3v) is 4.22. The van der Waals surface area contributed by atoms with Crippen LogP contribution in [0.4, 0.5) is 24.8 Å². The Kier molecular flexibility index (Phi) is 6.01. The number of anilines is 2. The molecule has 0 aliphatic rings. The van der Waals surface area contributed by atoms with Gasteiger partial charge in [-0.15, -0.1) is 0 Å². The normalized spacial score (nSPS) is 12.6. The van der Waals surface area contributed by atoms with Gasteiger partial charge in [0, 0.05) is 36.7 Å². The van der Waals surface area contributed by atoms with Crippen LogP contribution in [0.1, 0.15) is 23.7 Å². The second kappa shape index (κ2) is 8.49. The van der Waals surface area contributed by atoms with Gasteiger partial charge in [0.05, 0.1) is 6.20 Å². The minimum Gasteiger partial charge on any atom is -0.480 e. The van der Waals surface area contributed by atoms with E-state index in [1.165, 1.54) is 17.1 Å². The van der Waals surface area contributed by atoms with E-state index in [0.717, 1.165) is 17.8 Å². The SMILES string of the molecule is Cc1cc(Nc2nccc(C(F)(F)F)n2)cc(-c2cnn(C(CCO)C(=O)O)c2)c1. The maximum absolute atomic E-state index is 12.9. The summed E-state index contributed by atoms with van der Waals surface area (Å²) in [5, 5.41) is 25.2. The summed E-state index contributed by atoms with van der Waals surface area (Å²) in [5.41, 5.74) is 1.49. The zero-order valence-electron chi connectivity index (χ0n) is 15.8. The van der Waals surface area contributed by atoms with Crippen molar-refractivity contribution < 1.29 is 28.2 Å². The summed E-state index contributed by atoms with van der Waals surface area (Å²) in [6, 6.07) is 4.97. The molecule has 3 aromatic rings. The summed E-state index contributed by atoms with van der Waals surface area (Å²) in [6.45, 7) is 1.50. The number of carbonyl (C=O) groups is 1. The van der Waals surface area contributed by atoms with Crippen LogP contribution in [0.2, 0.25) is 0 Å². The standard InChI is InChI=1S/C19H18F3N5O3/c1-11-6-12(13-9-24-27(10-13)15(3-5-28)17(29)30)8-14(7-11)25-18-23-4-2-16(26-18)19(20,21)22/h2,4,6-10,15,28H,3,5H2,1H3,(H,29,30)(H,23,25,26). The third-order valence-electron chi connectivity index (χ3n) is 4.22. The van der Waals surface area contributed by atoms with E-state index in [2.05, 4.69) is 20.4 Å². The molecule has 2 heterocycles. The predicted octanol–water partition coefficient (Wildman–Crippen LogP) is 3.42. The van der Waals surface area contributed by atoms with Crippen molar-refractivity contribution in [2.24, 2.45) is 0 Å². The van der Waals surface area contributed by atoms with Crippen molar-refractivity contribution in [2.75, 3.05) is 11.9 Å². The van der Waals surface area contributed by atoms with E-state index in [0.29, 0.717) is 16.8 Å². The van der Waals surface area contributed by atoms with E-state index in [4.69, 9.17) is 5.11 Å². The minimum atomic E-state index is -4.58. The van der Waals surface area contributed by atoms with E-state index in [-0.39, 0.29) is 19.0 Å². The number of carboxylic acids is 1. The van der Waals surface area contributed by atoms with Gasteiger partial charge in [0.1, 0.15) is 5.69 Å². The van der Waals surface area contributed by atoms with Gasteiger partial charge in [-0.3, -0.25) is 4.68 Å². The summed E-state index contributed by atoms with van der Waals surface area (Å²) < 4.78 is 39.8.